The Bertz CT molecular complexity index is 945. The quantitative estimate of drug-likeness (QED) is 0.524. The number of hydrogen-bond acceptors (Lipinski definition) is 6. The zero-order valence-electron chi connectivity index (χ0n) is 17.0. The fourth-order valence-electron chi connectivity index (χ4n) is 3.19. The minimum Gasteiger partial charge on any atom is -0.474 e. The highest BCUT2D eigenvalue weighted by Crippen LogP contribution is 2.34. The summed E-state index contributed by atoms with van der Waals surface area (Å²) < 4.78 is 5.60. The fraction of sp³-hybridized carbons (Fsp3) is 0.381. The zero-order chi connectivity index (χ0) is 21.7. The number of rotatable bonds is 8. The van der Waals surface area contributed by atoms with Gasteiger partial charge in [-0.05, 0) is 52.9 Å². The van der Waals surface area contributed by atoms with Crippen molar-refractivity contribution in [3.8, 4) is 5.75 Å². The number of aryl methyl sites for hydroxylation is 1. The van der Waals surface area contributed by atoms with Crippen LogP contribution in [-0.2, 0) is 16.0 Å². The third-order valence-electron chi connectivity index (χ3n) is 4.81. The highest BCUT2D eigenvalue weighted by molar-refractivity contribution is 6.05. The number of nitrogens with one attached hydrogen (secondary N) is 1. The number of ether oxygens (including phenoxy) is 1. The normalized spacial score (nSPS) is 15.3. The van der Waals surface area contributed by atoms with Crippen molar-refractivity contribution in [2.45, 2.75) is 45.6 Å². The lowest BCUT2D eigenvalue weighted by Gasteiger charge is -2.30. The molecule has 0 saturated carbocycles. The van der Waals surface area contributed by atoms with Gasteiger partial charge in [-0.25, -0.2) is 0 Å². The predicted molar refractivity (Wildman–Crippen MR) is 112 cm³/mol. The summed E-state index contributed by atoms with van der Waals surface area (Å²) in [7, 11) is 0. The number of hydrogen-bond donors (Lipinski definition) is 1. The van der Waals surface area contributed by atoms with E-state index in [4.69, 9.17) is 4.74 Å². The van der Waals surface area contributed by atoms with E-state index in [1.165, 1.54) is 17.7 Å². The van der Waals surface area contributed by atoms with Crippen LogP contribution in [0.2, 0.25) is 0 Å². The maximum absolute atomic E-state index is 12.7. The van der Waals surface area contributed by atoms with Crippen LogP contribution in [0.5, 0.6) is 5.75 Å². The smallest absolute Gasteiger partial charge is 0.366 e. The second kappa shape index (κ2) is 9.34. The molecule has 1 aromatic carbocycles. The van der Waals surface area contributed by atoms with Crippen molar-refractivity contribution in [1.82, 2.24) is 4.98 Å². The molecule has 3 rings (SSSR count). The Kier molecular flexibility index (Phi) is 6.61. The van der Waals surface area contributed by atoms with Crippen LogP contribution in [0, 0.1) is 10.1 Å². The first-order chi connectivity index (χ1) is 14.4. The van der Waals surface area contributed by atoms with E-state index < -0.39 is 28.7 Å². The van der Waals surface area contributed by atoms with Gasteiger partial charge in [-0.2, -0.15) is 0 Å². The van der Waals surface area contributed by atoms with Gasteiger partial charge < -0.3 is 20.2 Å². The monoisotopic (exact) mass is 412 g/mol. The molecule has 1 aliphatic heterocycles. The van der Waals surface area contributed by atoms with E-state index in [9.17, 15) is 19.7 Å². The third kappa shape index (κ3) is 4.73. The van der Waals surface area contributed by atoms with Crippen LogP contribution in [0.15, 0.2) is 36.4 Å². The highest BCUT2D eigenvalue weighted by atomic mass is 16.6. The van der Waals surface area contributed by atoms with Gasteiger partial charge in [0, 0.05) is 11.8 Å². The van der Waals surface area contributed by atoms with Gasteiger partial charge in [-0.15, -0.1) is 0 Å². The van der Waals surface area contributed by atoms with Crippen molar-refractivity contribution >= 4 is 29.1 Å². The Morgan fingerprint density at radius 3 is 2.60 bits per heavy atom. The van der Waals surface area contributed by atoms with Crippen molar-refractivity contribution in [3.05, 3.63) is 52.1 Å². The molecule has 0 spiro atoms. The Labute approximate surface area is 174 Å². The molecule has 9 nitrogen and oxygen atoms in total. The van der Waals surface area contributed by atoms with Gasteiger partial charge in [0.25, 0.3) is 11.7 Å². The molecule has 0 radical (unpaired) electrons. The van der Waals surface area contributed by atoms with Crippen LogP contribution in [0.1, 0.15) is 38.7 Å². The summed E-state index contributed by atoms with van der Waals surface area (Å²) in [6.07, 6.45) is 2.81. The lowest BCUT2D eigenvalue weighted by atomic mass is 10.1. The molecule has 2 amide bonds. The molecule has 9 heteroatoms. The van der Waals surface area contributed by atoms with Crippen LogP contribution >= 0.6 is 0 Å². The van der Waals surface area contributed by atoms with E-state index >= 15 is 0 Å². The van der Waals surface area contributed by atoms with E-state index in [0.29, 0.717) is 12.1 Å². The summed E-state index contributed by atoms with van der Waals surface area (Å²) in [5, 5.41) is 13.8. The summed E-state index contributed by atoms with van der Waals surface area (Å²) >= 11 is 0. The van der Waals surface area contributed by atoms with Gasteiger partial charge in [0.05, 0.1) is 0 Å². The molecule has 1 aliphatic rings. The van der Waals surface area contributed by atoms with Crippen LogP contribution in [-0.4, -0.2) is 34.4 Å². The van der Waals surface area contributed by atoms with Crippen LogP contribution in [0.4, 0.5) is 17.3 Å². The molecular formula is C21H24N4O5. The third-order valence-corrected chi connectivity index (χ3v) is 4.81. The second-order valence-corrected chi connectivity index (χ2v) is 7.04. The van der Waals surface area contributed by atoms with Gasteiger partial charge >= 0.3 is 5.82 Å². The minimum atomic E-state index is -0.772. The Balaban J connectivity index is 1.77. The number of amides is 2. The molecule has 0 aliphatic carbocycles. The molecule has 2 aromatic rings. The maximum Gasteiger partial charge on any atom is 0.366 e. The highest BCUT2D eigenvalue weighted by Gasteiger charge is 2.39. The van der Waals surface area contributed by atoms with Gasteiger partial charge in [0.1, 0.15) is 6.54 Å². The number of carbonyl (C=O) groups excluding carboxylic acids is 2. The van der Waals surface area contributed by atoms with Gasteiger partial charge in [-0.3, -0.25) is 14.5 Å². The number of benzene rings is 1. The Morgan fingerprint density at radius 2 is 1.97 bits per heavy atom. The molecule has 1 aromatic heterocycles. The zero-order valence-corrected chi connectivity index (χ0v) is 17.0. The molecule has 1 atom stereocenters. The van der Waals surface area contributed by atoms with Crippen LogP contribution < -0.4 is 15.0 Å². The summed E-state index contributed by atoms with van der Waals surface area (Å²) in [4.78, 5) is 40.8. The van der Waals surface area contributed by atoms with E-state index in [1.807, 2.05) is 24.3 Å². The van der Waals surface area contributed by atoms with E-state index in [-0.39, 0.29) is 18.1 Å². The number of pyridine rings is 1. The lowest BCUT2D eigenvalue weighted by molar-refractivity contribution is -0.389. The molecule has 0 saturated heterocycles. The molecule has 158 valence electrons. The Morgan fingerprint density at radius 1 is 1.23 bits per heavy atom. The van der Waals surface area contributed by atoms with Crippen molar-refractivity contribution in [3.63, 3.8) is 0 Å². The van der Waals surface area contributed by atoms with Crippen molar-refractivity contribution < 1.29 is 19.2 Å². The van der Waals surface area contributed by atoms with Crippen molar-refractivity contribution in [1.29, 1.82) is 0 Å². The first-order valence-electron chi connectivity index (χ1n) is 9.95. The number of nitrogens with zero attached hydrogens (tertiary/aromatic N) is 3. The number of aromatic nitrogens is 1. The van der Waals surface area contributed by atoms with E-state index in [0.717, 1.165) is 24.2 Å². The van der Waals surface area contributed by atoms with Crippen LogP contribution in [0.3, 0.4) is 0 Å². The summed E-state index contributed by atoms with van der Waals surface area (Å²) in [5.41, 5.74) is 1.80. The molecular weight excluding hydrogens is 388 g/mol. The fourth-order valence-corrected chi connectivity index (χ4v) is 3.19. The predicted octanol–water partition coefficient (Wildman–Crippen LogP) is 3.48. The molecule has 2 heterocycles. The van der Waals surface area contributed by atoms with Gasteiger partial charge in [-0.1, -0.05) is 32.4 Å². The average molecular weight is 412 g/mol. The molecule has 30 heavy (non-hydrogen) atoms. The molecule has 0 bridgehead atoms. The number of unbranched alkanes of at least 4 members (excludes halogenated alkanes) is 1. The summed E-state index contributed by atoms with van der Waals surface area (Å²) in [6.45, 7) is 3.59. The van der Waals surface area contributed by atoms with E-state index in [1.54, 1.807) is 6.92 Å². The number of nitro groups is 1. The van der Waals surface area contributed by atoms with Gasteiger partial charge in [0.15, 0.2) is 11.9 Å². The van der Waals surface area contributed by atoms with Crippen molar-refractivity contribution in [2.24, 2.45) is 0 Å². The molecule has 0 fully saturated rings. The number of anilines is 2. The first-order valence-corrected chi connectivity index (χ1v) is 9.95. The second-order valence-electron chi connectivity index (χ2n) is 7.04. The average Bonchev–Trinajstić information content (AvgIpc) is 2.74. The summed E-state index contributed by atoms with van der Waals surface area (Å²) in [5.74, 6) is -1.10. The number of carbonyl (C=O) groups is 2. The topological polar surface area (TPSA) is 115 Å². The lowest BCUT2D eigenvalue weighted by Crippen LogP contribution is -2.49. The minimum absolute atomic E-state index is 0.0241. The molecule has 1 unspecified atom stereocenters. The largest absolute Gasteiger partial charge is 0.474 e. The van der Waals surface area contributed by atoms with Crippen molar-refractivity contribution in [2.75, 3.05) is 16.8 Å². The van der Waals surface area contributed by atoms with Crippen LogP contribution in [0.25, 0.3) is 0 Å². The summed E-state index contributed by atoms with van der Waals surface area (Å²) in [6, 6.07) is 10.2. The Hall–Kier alpha value is -3.49. The molecule has 1 N–H and O–H groups in total. The maximum atomic E-state index is 12.7. The van der Waals surface area contributed by atoms with Gasteiger partial charge in [0.2, 0.25) is 5.91 Å². The standard InChI is InChI=1S/C21H24N4O5/c1-3-5-6-14-7-9-15(10-8-14)22-19(26)13-24-20-17(30-16(4-2)21(24)27)11-12-18(23-20)25(28)29/h7-12,16H,3-6,13H2,1-2H3,(H,22,26). The first kappa shape index (κ1) is 21.2. The number of fused-ring (bicyclic) bond motifs is 1. The van der Waals surface area contributed by atoms with E-state index in [2.05, 4.69) is 17.2 Å². The SMILES string of the molecule is CCCCc1ccc(NC(=O)CN2C(=O)C(CC)Oc3ccc([N+](=O)[O-])nc32)cc1.